The fourth-order valence-electron chi connectivity index (χ4n) is 3.37. The van der Waals surface area contributed by atoms with Crippen LogP contribution < -0.4 is 14.8 Å². The van der Waals surface area contributed by atoms with E-state index in [9.17, 15) is 14.7 Å². The summed E-state index contributed by atoms with van der Waals surface area (Å²) >= 11 is 1.47. The molecule has 3 aromatic rings. The quantitative estimate of drug-likeness (QED) is 0.568. The molecule has 0 unspecified atom stereocenters. The molecule has 2 aromatic heterocycles. The van der Waals surface area contributed by atoms with Crippen LogP contribution in [0, 0.1) is 13.8 Å². The minimum absolute atomic E-state index is 0.292. The highest BCUT2D eigenvalue weighted by molar-refractivity contribution is 7.12. The third kappa shape index (κ3) is 4.30. The maximum absolute atomic E-state index is 13.1. The lowest BCUT2D eigenvalue weighted by Crippen LogP contribution is -2.30. The van der Waals surface area contributed by atoms with E-state index < -0.39 is 12.0 Å². The smallest absolute Gasteiger partial charge is 0.305 e. The highest BCUT2D eigenvalue weighted by Gasteiger charge is 2.25. The van der Waals surface area contributed by atoms with Gasteiger partial charge in [-0.05, 0) is 32.0 Å². The number of hydrogen-bond acceptors (Lipinski definition) is 6. The Morgan fingerprint density at radius 3 is 2.60 bits per heavy atom. The summed E-state index contributed by atoms with van der Waals surface area (Å²) in [5.74, 6) is -0.390. The molecule has 0 saturated carbocycles. The first kappa shape index (κ1) is 21.4. The van der Waals surface area contributed by atoms with E-state index in [1.54, 1.807) is 30.5 Å². The van der Waals surface area contributed by atoms with Crippen LogP contribution in [0.2, 0.25) is 0 Å². The van der Waals surface area contributed by atoms with E-state index in [2.05, 4.69) is 10.3 Å². The average molecular weight is 429 g/mol. The molecule has 3 rings (SSSR count). The lowest BCUT2D eigenvalue weighted by molar-refractivity contribution is -0.137. The minimum atomic E-state index is -1.04. The van der Waals surface area contributed by atoms with Gasteiger partial charge in [0.1, 0.15) is 11.5 Å². The Kier molecular flexibility index (Phi) is 6.41. The molecule has 1 aromatic carbocycles. The normalized spacial score (nSPS) is 11.7. The van der Waals surface area contributed by atoms with Crippen LogP contribution in [0.5, 0.6) is 11.5 Å². The molecule has 1 amide bonds. The van der Waals surface area contributed by atoms with Crippen LogP contribution in [0.4, 0.5) is 0 Å². The van der Waals surface area contributed by atoms with Crippen LogP contribution in [0.1, 0.15) is 39.8 Å². The van der Waals surface area contributed by atoms with Gasteiger partial charge in [-0.15, -0.1) is 11.3 Å². The van der Waals surface area contributed by atoms with Crippen molar-refractivity contribution in [3.8, 4) is 16.6 Å². The molecule has 9 heteroatoms. The first-order valence-electron chi connectivity index (χ1n) is 9.19. The van der Waals surface area contributed by atoms with Crippen molar-refractivity contribution in [1.29, 1.82) is 0 Å². The maximum Gasteiger partial charge on any atom is 0.305 e. The van der Waals surface area contributed by atoms with Crippen LogP contribution in [0.25, 0.3) is 5.13 Å². The highest BCUT2D eigenvalue weighted by atomic mass is 32.1. The lowest BCUT2D eigenvalue weighted by Gasteiger charge is -2.20. The molecule has 0 saturated heterocycles. The Morgan fingerprint density at radius 1 is 1.23 bits per heavy atom. The molecular formula is C21H23N3O5S. The van der Waals surface area contributed by atoms with Crippen molar-refractivity contribution in [2.24, 2.45) is 0 Å². The van der Waals surface area contributed by atoms with E-state index in [4.69, 9.17) is 9.47 Å². The Hall–Kier alpha value is -3.33. The molecule has 8 nitrogen and oxygen atoms in total. The van der Waals surface area contributed by atoms with Gasteiger partial charge in [0.2, 0.25) is 0 Å². The topological polar surface area (TPSA) is 103 Å². The zero-order valence-corrected chi connectivity index (χ0v) is 17.9. The van der Waals surface area contributed by atoms with Gasteiger partial charge in [0.05, 0.1) is 32.2 Å². The molecular weight excluding hydrogens is 406 g/mol. The summed E-state index contributed by atoms with van der Waals surface area (Å²) in [6.45, 7) is 3.73. The predicted molar refractivity (Wildman–Crippen MR) is 113 cm³/mol. The Labute approximate surface area is 178 Å². The molecule has 0 spiro atoms. The van der Waals surface area contributed by atoms with Crippen molar-refractivity contribution in [2.75, 3.05) is 14.2 Å². The number of aryl methyl sites for hydroxylation is 1. The van der Waals surface area contributed by atoms with Crippen LogP contribution in [-0.4, -0.2) is 40.8 Å². The first-order valence-corrected chi connectivity index (χ1v) is 10.1. The molecule has 0 aliphatic rings. The van der Waals surface area contributed by atoms with Crippen molar-refractivity contribution in [2.45, 2.75) is 26.3 Å². The zero-order valence-electron chi connectivity index (χ0n) is 17.1. The fourth-order valence-corrected chi connectivity index (χ4v) is 4.12. The van der Waals surface area contributed by atoms with Crippen molar-refractivity contribution in [3.05, 3.63) is 58.4 Å². The Bertz CT molecular complexity index is 1060. The van der Waals surface area contributed by atoms with Crippen molar-refractivity contribution >= 4 is 23.2 Å². The second-order valence-electron chi connectivity index (χ2n) is 6.67. The van der Waals surface area contributed by atoms with E-state index in [0.29, 0.717) is 22.6 Å². The van der Waals surface area contributed by atoms with E-state index >= 15 is 0 Å². The van der Waals surface area contributed by atoms with Gasteiger partial charge in [0, 0.05) is 34.6 Å². The molecule has 30 heavy (non-hydrogen) atoms. The van der Waals surface area contributed by atoms with Gasteiger partial charge in [-0.3, -0.25) is 14.2 Å². The van der Waals surface area contributed by atoms with Gasteiger partial charge >= 0.3 is 5.97 Å². The van der Waals surface area contributed by atoms with Gasteiger partial charge in [0.15, 0.2) is 5.13 Å². The number of nitrogens with one attached hydrogen (secondary N) is 1. The monoisotopic (exact) mass is 429 g/mol. The predicted octanol–water partition coefficient (Wildman–Crippen LogP) is 3.51. The molecule has 0 aliphatic carbocycles. The summed E-state index contributed by atoms with van der Waals surface area (Å²) in [5, 5.41) is 14.9. The number of thiazole rings is 1. The van der Waals surface area contributed by atoms with Gasteiger partial charge in [-0.1, -0.05) is 0 Å². The van der Waals surface area contributed by atoms with Crippen molar-refractivity contribution < 1.29 is 24.2 Å². The number of carboxylic acids is 1. The molecule has 2 N–H and O–H groups in total. The summed E-state index contributed by atoms with van der Waals surface area (Å²) in [4.78, 5) is 28.9. The number of aliphatic carboxylic acids is 1. The standard InChI is InChI=1S/C21H23N3O5S/c1-12-9-16(13(2)24(12)21-22-7-8-30-21)20(27)23-17(11-19(25)26)15-6-5-14(28-3)10-18(15)29-4/h5-10,17H,11H2,1-4H3,(H,23,27)(H,25,26)/t17-/m1/s1. The third-order valence-corrected chi connectivity index (χ3v) is 5.54. The zero-order chi connectivity index (χ0) is 21.8. The van der Waals surface area contributed by atoms with Crippen LogP contribution in [0.15, 0.2) is 35.8 Å². The van der Waals surface area contributed by atoms with Crippen molar-refractivity contribution in [1.82, 2.24) is 14.9 Å². The van der Waals surface area contributed by atoms with E-state index in [1.807, 2.05) is 23.8 Å². The molecule has 0 radical (unpaired) electrons. The largest absolute Gasteiger partial charge is 0.497 e. The first-order chi connectivity index (χ1) is 14.3. The SMILES string of the molecule is COc1ccc([C@@H](CC(=O)O)NC(=O)c2cc(C)n(-c3nccs3)c2C)c(OC)c1. The van der Waals surface area contributed by atoms with E-state index in [1.165, 1.54) is 25.6 Å². The third-order valence-electron chi connectivity index (χ3n) is 4.79. The summed E-state index contributed by atoms with van der Waals surface area (Å²) in [6, 6.07) is 6.05. The fraction of sp³-hybridized carbons (Fsp3) is 0.286. The molecule has 1 atom stereocenters. The van der Waals surface area contributed by atoms with Crippen LogP contribution in [-0.2, 0) is 4.79 Å². The number of benzene rings is 1. The molecule has 2 heterocycles. The number of ether oxygens (including phenoxy) is 2. The molecule has 0 bridgehead atoms. The number of carbonyl (C=O) groups is 2. The molecule has 158 valence electrons. The van der Waals surface area contributed by atoms with Gasteiger partial charge in [-0.2, -0.15) is 0 Å². The number of aromatic nitrogens is 2. The highest BCUT2D eigenvalue weighted by Crippen LogP contribution is 2.32. The minimum Gasteiger partial charge on any atom is -0.497 e. The maximum atomic E-state index is 13.1. The summed E-state index contributed by atoms with van der Waals surface area (Å²) in [7, 11) is 3.02. The molecule has 0 fully saturated rings. The number of carboxylic acid groups (broad SMARTS) is 1. The Morgan fingerprint density at radius 2 is 2.00 bits per heavy atom. The Balaban J connectivity index is 1.94. The number of hydrogen-bond donors (Lipinski definition) is 2. The second kappa shape index (κ2) is 9.00. The number of rotatable bonds is 8. The second-order valence-corrected chi connectivity index (χ2v) is 7.54. The molecule has 0 aliphatic heterocycles. The number of amides is 1. The van der Waals surface area contributed by atoms with Crippen molar-refractivity contribution in [3.63, 3.8) is 0 Å². The number of carbonyl (C=O) groups excluding carboxylic acids is 1. The van der Waals surface area contributed by atoms with Gasteiger partial charge in [-0.25, -0.2) is 4.98 Å². The van der Waals surface area contributed by atoms with Gasteiger partial charge in [0.25, 0.3) is 5.91 Å². The number of methoxy groups -OCH3 is 2. The number of nitrogens with zero attached hydrogens (tertiary/aromatic N) is 2. The van der Waals surface area contributed by atoms with Gasteiger partial charge < -0.3 is 19.9 Å². The lowest BCUT2D eigenvalue weighted by atomic mass is 10.0. The summed E-state index contributed by atoms with van der Waals surface area (Å²) in [5.41, 5.74) is 2.62. The van der Waals surface area contributed by atoms with Crippen LogP contribution >= 0.6 is 11.3 Å². The summed E-state index contributed by atoms with van der Waals surface area (Å²) < 4.78 is 12.5. The van der Waals surface area contributed by atoms with E-state index in [0.717, 1.165) is 16.5 Å². The average Bonchev–Trinajstić information content (AvgIpc) is 3.34. The van der Waals surface area contributed by atoms with Crippen LogP contribution in [0.3, 0.4) is 0 Å². The van der Waals surface area contributed by atoms with E-state index in [-0.39, 0.29) is 12.3 Å². The summed E-state index contributed by atoms with van der Waals surface area (Å²) in [6.07, 6.45) is 1.41.